The summed E-state index contributed by atoms with van der Waals surface area (Å²) in [4.78, 5) is 18.1. The zero-order valence-electron chi connectivity index (χ0n) is 20.3. The zero-order chi connectivity index (χ0) is 23.7. The molecule has 6 heteroatoms. The van der Waals surface area contributed by atoms with E-state index in [1.54, 1.807) is 0 Å². The van der Waals surface area contributed by atoms with E-state index in [1.807, 2.05) is 61.8 Å². The first-order valence-corrected chi connectivity index (χ1v) is 11.7. The second-order valence-corrected chi connectivity index (χ2v) is 9.54. The number of carbonyl (C=O) groups excluding carboxylic acids is 1. The Morgan fingerprint density at radius 3 is 2.58 bits per heavy atom. The van der Waals surface area contributed by atoms with Crippen LogP contribution < -0.4 is 0 Å². The molecule has 6 nitrogen and oxygen atoms in total. The van der Waals surface area contributed by atoms with Crippen LogP contribution in [0.15, 0.2) is 48.5 Å². The quantitative estimate of drug-likeness (QED) is 0.659. The number of hydrogen-bond acceptors (Lipinski definition) is 4. The van der Waals surface area contributed by atoms with Crippen LogP contribution in [0.3, 0.4) is 0 Å². The minimum absolute atomic E-state index is 0.0489. The molecule has 3 aromatic rings. The van der Waals surface area contributed by atoms with Gasteiger partial charge in [-0.3, -0.25) is 4.79 Å². The van der Waals surface area contributed by atoms with Gasteiger partial charge in [0.15, 0.2) is 0 Å². The van der Waals surface area contributed by atoms with Crippen LogP contribution in [0, 0.1) is 5.92 Å². The molecular weight excluding hydrogens is 414 g/mol. The highest BCUT2D eigenvalue weighted by Crippen LogP contribution is 2.38. The Kier molecular flexibility index (Phi) is 6.88. The summed E-state index contributed by atoms with van der Waals surface area (Å²) in [5, 5.41) is 11.1. The summed E-state index contributed by atoms with van der Waals surface area (Å²) < 4.78 is 8.51. The molecule has 1 amide bonds. The van der Waals surface area contributed by atoms with Gasteiger partial charge in [0.1, 0.15) is 5.69 Å². The molecule has 0 bridgehead atoms. The first-order chi connectivity index (χ1) is 15.8. The maximum atomic E-state index is 14.2. The third-order valence-electron chi connectivity index (χ3n) is 6.77. The summed E-state index contributed by atoms with van der Waals surface area (Å²) in [6.07, 6.45) is -0.0489. The van der Waals surface area contributed by atoms with Crippen LogP contribution in [0.2, 0.25) is 0 Å². The normalized spacial score (nSPS) is 20.5. The third-order valence-corrected chi connectivity index (χ3v) is 6.77. The van der Waals surface area contributed by atoms with Crippen LogP contribution in [0.4, 0.5) is 0 Å². The van der Waals surface area contributed by atoms with Crippen molar-refractivity contribution >= 4 is 16.8 Å². The van der Waals surface area contributed by atoms with E-state index >= 15 is 0 Å². The molecule has 2 aromatic carbocycles. The molecular formula is C27H35N3O3. The highest BCUT2D eigenvalue weighted by atomic mass is 16.5. The number of aryl methyl sites for hydroxylation is 1. The van der Waals surface area contributed by atoms with E-state index in [1.165, 1.54) is 0 Å². The Morgan fingerprint density at radius 2 is 1.85 bits per heavy atom. The molecule has 0 spiro atoms. The zero-order valence-corrected chi connectivity index (χ0v) is 20.3. The number of carbonyl (C=O) groups is 1. The number of aromatic nitrogens is 1. The van der Waals surface area contributed by atoms with Gasteiger partial charge in [0.05, 0.1) is 25.4 Å². The van der Waals surface area contributed by atoms with Crippen molar-refractivity contribution in [3.63, 3.8) is 0 Å². The van der Waals surface area contributed by atoms with Gasteiger partial charge in [0.2, 0.25) is 0 Å². The van der Waals surface area contributed by atoms with Crippen LogP contribution in [0.1, 0.15) is 29.9 Å². The summed E-state index contributed by atoms with van der Waals surface area (Å²) in [5.41, 5.74) is 4.70. The molecule has 0 aliphatic carbocycles. The molecule has 0 fully saturated rings. The summed E-state index contributed by atoms with van der Waals surface area (Å²) in [5.74, 6) is 0.0335. The van der Waals surface area contributed by atoms with Gasteiger partial charge < -0.3 is 24.2 Å². The average molecular weight is 450 g/mol. The van der Waals surface area contributed by atoms with Gasteiger partial charge in [-0.25, -0.2) is 0 Å². The molecule has 1 aliphatic rings. The maximum absolute atomic E-state index is 14.2. The maximum Gasteiger partial charge on any atom is 0.271 e. The van der Waals surface area contributed by atoms with Crippen molar-refractivity contribution in [1.29, 1.82) is 0 Å². The predicted molar refractivity (Wildman–Crippen MR) is 132 cm³/mol. The van der Waals surface area contributed by atoms with E-state index in [2.05, 4.69) is 36.1 Å². The van der Waals surface area contributed by atoms with Gasteiger partial charge in [-0.1, -0.05) is 49.4 Å². The van der Waals surface area contributed by atoms with Crippen molar-refractivity contribution < 1.29 is 14.6 Å². The first-order valence-electron chi connectivity index (χ1n) is 11.7. The lowest BCUT2D eigenvalue weighted by atomic mass is 9.96. The Balaban J connectivity index is 1.97. The number of aliphatic hydroxyl groups is 1. The molecule has 4 rings (SSSR count). The minimum Gasteiger partial charge on any atom is -0.394 e. The van der Waals surface area contributed by atoms with E-state index in [-0.39, 0.29) is 30.6 Å². The van der Waals surface area contributed by atoms with Crippen LogP contribution in [0.5, 0.6) is 0 Å². The van der Waals surface area contributed by atoms with Gasteiger partial charge in [0, 0.05) is 42.5 Å². The van der Waals surface area contributed by atoms with Gasteiger partial charge in [-0.15, -0.1) is 0 Å². The first kappa shape index (κ1) is 23.5. The second kappa shape index (κ2) is 9.67. The van der Waals surface area contributed by atoms with Crippen LogP contribution in [0.25, 0.3) is 22.0 Å². The van der Waals surface area contributed by atoms with E-state index in [9.17, 15) is 9.90 Å². The highest BCUT2D eigenvalue weighted by Gasteiger charge is 2.33. The van der Waals surface area contributed by atoms with Crippen molar-refractivity contribution in [2.75, 3.05) is 33.8 Å². The number of hydrogen-bond donors (Lipinski definition) is 1. The topological polar surface area (TPSA) is 57.9 Å². The van der Waals surface area contributed by atoms with Crippen molar-refractivity contribution in [1.82, 2.24) is 14.4 Å². The van der Waals surface area contributed by atoms with E-state index in [0.29, 0.717) is 18.8 Å². The summed E-state index contributed by atoms with van der Waals surface area (Å²) in [6.45, 7) is 5.69. The van der Waals surface area contributed by atoms with Crippen LogP contribution >= 0.6 is 0 Å². The number of para-hydroxylation sites is 1. The number of likely N-dealkylation sites (N-methyl/N-ethyl adjacent to an activating group) is 1. The lowest BCUT2D eigenvalue weighted by Crippen LogP contribution is -2.47. The monoisotopic (exact) mass is 449 g/mol. The largest absolute Gasteiger partial charge is 0.394 e. The van der Waals surface area contributed by atoms with Gasteiger partial charge in [-0.05, 0) is 38.2 Å². The number of nitrogens with zero attached hydrogens (tertiary/aromatic N) is 3. The third kappa shape index (κ3) is 4.43. The smallest absolute Gasteiger partial charge is 0.271 e. The Hall–Kier alpha value is -2.67. The molecule has 0 saturated heterocycles. The molecule has 1 aromatic heterocycles. The molecule has 0 unspecified atom stereocenters. The van der Waals surface area contributed by atoms with Crippen LogP contribution in [-0.4, -0.2) is 71.3 Å². The second-order valence-electron chi connectivity index (χ2n) is 9.54. The van der Waals surface area contributed by atoms with Crippen molar-refractivity contribution in [2.24, 2.45) is 13.0 Å². The van der Waals surface area contributed by atoms with Crippen molar-refractivity contribution in [3.05, 3.63) is 59.8 Å². The lowest BCUT2D eigenvalue weighted by molar-refractivity contribution is -0.0201. The fraction of sp³-hybridized carbons (Fsp3) is 0.444. The Morgan fingerprint density at radius 1 is 1.15 bits per heavy atom. The molecule has 0 saturated carbocycles. The average Bonchev–Trinajstić information content (AvgIpc) is 3.10. The summed E-state index contributed by atoms with van der Waals surface area (Å²) in [6, 6.07) is 16.1. The van der Waals surface area contributed by atoms with Crippen molar-refractivity contribution in [2.45, 2.75) is 32.6 Å². The Labute approximate surface area is 196 Å². The summed E-state index contributed by atoms with van der Waals surface area (Å²) >= 11 is 0. The minimum atomic E-state index is -0.304. The van der Waals surface area contributed by atoms with E-state index < -0.39 is 0 Å². The lowest BCUT2D eigenvalue weighted by Gasteiger charge is -2.34. The number of benzene rings is 2. The van der Waals surface area contributed by atoms with E-state index in [4.69, 9.17) is 4.74 Å². The molecule has 1 N–H and O–H groups in total. The van der Waals surface area contributed by atoms with Gasteiger partial charge in [-0.2, -0.15) is 0 Å². The standard InChI is InChI=1S/C27H35N3O3/c1-18-14-30(19(2)16-31)27(32)26-25(22-12-8-9-13-23(22)29(26)5)21-11-7-6-10-20(21)17-33-24(18)15-28(3)4/h6-13,18-19,24,31H,14-17H2,1-5H3/t18-,19-,24+/m1/s1. The SMILES string of the molecule is C[C@@H]1CN([C@H](C)CO)C(=O)c2c(c3ccccc3n2C)-c2ccccc2CO[C@H]1CN(C)C. The molecule has 2 heterocycles. The van der Waals surface area contributed by atoms with Crippen LogP contribution in [-0.2, 0) is 18.4 Å². The number of ether oxygens (including phenoxy) is 1. The molecule has 3 atom stereocenters. The number of amides is 1. The van der Waals surface area contributed by atoms with Gasteiger partial charge in [0.25, 0.3) is 5.91 Å². The Bertz CT molecular complexity index is 1140. The fourth-order valence-corrected chi connectivity index (χ4v) is 4.89. The summed E-state index contributed by atoms with van der Waals surface area (Å²) in [7, 11) is 6.03. The van der Waals surface area contributed by atoms with Crippen molar-refractivity contribution in [3.8, 4) is 11.1 Å². The highest BCUT2D eigenvalue weighted by molar-refractivity contribution is 6.10. The molecule has 33 heavy (non-hydrogen) atoms. The molecule has 176 valence electrons. The molecule has 0 radical (unpaired) electrons. The van der Waals surface area contributed by atoms with E-state index in [0.717, 1.165) is 34.1 Å². The number of fused-ring (bicyclic) bond motifs is 5. The molecule has 1 aliphatic heterocycles. The predicted octanol–water partition coefficient (Wildman–Crippen LogP) is 3.76. The number of aliphatic hydroxyl groups excluding tert-OH is 1. The fourth-order valence-electron chi connectivity index (χ4n) is 4.89. The number of rotatable bonds is 4. The van der Waals surface area contributed by atoms with Gasteiger partial charge >= 0.3 is 0 Å².